The average molecular weight is 389 g/mol. The van der Waals surface area contributed by atoms with E-state index in [-0.39, 0.29) is 11.7 Å². The van der Waals surface area contributed by atoms with E-state index in [1.165, 1.54) is 4.68 Å². The van der Waals surface area contributed by atoms with Crippen LogP contribution in [-0.2, 0) is 13.0 Å². The molecule has 0 spiro atoms. The molecule has 1 saturated heterocycles. The Labute approximate surface area is 167 Å². The van der Waals surface area contributed by atoms with Gasteiger partial charge in [-0.1, -0.05) is 18.2 Å². The standard InChI is InChI=1S/C22H23N5O2/c28-18-8-11-25(12-9-18)19-5-3-4-16-14-23-27(22(29)21(16)19)13-7-17-15-26-10-2-1-6-20(26)24-17/h1-6,10,14-15,18,28H,7-9,11-13H2. The largest absolute Gasteiger partial charge is 0.393 e. The van der Waals surface area contributed by atoms with Crippen molar-refractivity contribution in [2.45, 2.75) is 31.9 Å². The minimum absolute atomic E-state index is 0.0759. The van der Waals surface area contributed by atoms with E-state index in [0.717, 1.165) is 48.3 Å². The van der Waals surface area contributed by atoms with Gasteiger partial charge in [-0.25, -0.2) is 9.67 Å². The molecular formula is C22H23N5O2. The van der Waals surface area contributed by atoms with Crippen LogP contribution in [0.1, 0.15) is 18.5 Å². The Morgan fingerprint density at radius 2 is 1.97 bits per heavy atom. The second kappa shape index (κ2) is 7.33. The van der Waals surface area contributed by atoms with Crippen molar-refractivity contribution in [1.29, 1.82) is 0 Å². The maximum absolute atomic E-state index is 13.2. The third-order valence-corrected chi connectivity index (χ3v) is 5.66. The third-order valence-electron chi connectivity index (χ3n) is 5.66. The van der Waals surface area contributed by atoms with Crippen LogP contribution in [0, 0.1) is 0 Å². The SMILES string of the molecule is O=c1c2c(N3CCC(O)CC3)cccc2cnn1CCc1cn2ccccc2n1. The van der Waals surface area contributed by atoms with Gasteiger partial charge < -0.3 is 14.4 Å². The number of aryl methyl sites for hydroxylation is 2. The molecule has 0 radical (unpaired) electrons. The number of piperidine rings is 1. The summed E-state index contributed by atoms with van der Waals surface area (Å²) in [6, 6.07) is 11.8. The van der Waals surface area contributed by atoms with Gasteiger partial charge in [-0.15, -0.1) is 0 Å². The minimum atomic E-state index is -0.245. The fraction of sp³-hybridized carbons (Fsp3) is 0.318. The lowest BCUT2D eigenvalue weighted by Crippen LogP contribution is -2.36. The molecule has 0 unspecified atom stereocenters. The topological polar surface area (TPSA) is 75.7 Å². The van der Waals surface area contributed by atoms with Crippen molar-refractivity contribution in [2.75, 3.05) is 18.0 Å². The monoisotopic (exact) mass is 389 g/mol. The van der Waals surface area contributed by atoms with Crippen molar-refractivity contribution in [1.82, 2.24) is 19.2 Å². The summed E-state index contributed by atoms with van der Waals surface area (Å²) in [5.74, 6) is 0. The number of fused-ring (bicyclic) bond motifs is 2. The fourth-order valence-electron chi connectivity index (χ4n) is 4.07. The van der Waals surface area contributed by atoms with Crippen LogP contribution in [0.5, 0.6) is 0 Å². The predicted octanol–water partition coefficient (Wildman–Crippen LogP) is 2.25. The molecular weight excluding hydrogens is 366 g/mol. The molecule has 3 aromatic heterocycles. The molecule has 0 amide bonds. The Bertz CT molecular complexity index is 1190. The number of hydrogen-bond donors (Lipinski definition) is 1. The molecule has 7 nitrogen and oxygen atoms in total. The maximum Gasteiger partial charge on any atom is 0.276 e. The zero-order chi connectivity index (χ0) is 19.8. The van der Waals surface area contributed by atoms with E-state index < -0.39 is 0 Å². The molecule has 4 aromatic rings. The summed E-state index contributed by atoms with van der Waals surface area (Å²) in [4.78, 5) is 20.1. The van der Waals surface area contributed by atoms with Crippen LogP contribution in [0.4, 0.5) is 5.69 Å². The smallest absolute Gasteiger partial charge is 0.276 e. The number of imidazole rings is 1. The van der Waals surface area contributed by atoms with Gasteiger partial charge in [0.1, 0.15) is 5.65 Å². The number of benzene rings is 1. The Morgan fingerprint density at radius 1 is 1.10 bits per heavy atom. The van der Waals surface area contributed by atoms with E-state index in [0.29, 0.717) is 18.4 Å². The van der Waals surface area contributed by atoms with Gasteiger partial charge in [-0.3, -0.25) is 4.79 Å². The number of anilines is 1. The van der Waals surface area contributed by atoms with Gasteiger partial charge in [-0.2, -0.15) is 5.10 Å². The first-order valence-electron chi connectivity index (χ1n) is 10.0. The maximum atomic E-state index is 13.2. The lowest BCUT2D eigenvalue weighted by molar-refractivity contribution is 0.145. The van der Waals surface area contributed by atoms with E-state index in [1.54, 1.807) is 6.20 Å². The van der Waals surface area contributed by atoms with Crippen molar-refractivity contribution in [2.24, 2.45) is 0 Å². The molecule has 148 valence electrons. The second-order valence-electron chi connectivity index (χ2n) is 7.58. The van der Waals surface area contributed by atoms with Crippen molar-refractivity contribution in [3.63, 3.8) is 0 Å². The first-order chi connectivity index (χ1) is 14.2. The van der Waals surface area contributed by atoms with Crippen LogP contribution in [0.25, 0.3) is 16.4 Å². The summed E-state index contributed by atoms with van der Waals surface area (Å²) in [7, 11) is 0. The summed E-state index contributed by atoms with van der Waals surface area (Å²) < 4.78 is 3.52. The Balaban J connectivity index is 1.46. The minimum Gasteiger partial charge on any atom is -0.393 e. The van der Waals surface area contributed by atoms with Crippen LogP contribution in [0.3, 0.4) is 0 Å². The van der Waals surface area contributed by atoms with Crippen LogP contribution in [0.15, 0.2) is 59.8 Å². The summed E-state index contributed by atoms with van der Waals surface area (Å²) in [6.45, 7) is 1.98. The molecule has 0 saturated carbocycles. The molecule has 1 fully saturated rings. The number of pyridine rings is 1. The molecule has 1 aliphatic rings. The fourth-order valence-corrected chi connectivity index (χ4v) is 4.07. The highest BCUT2D eigenvalue weighted by molar-refractivity contribution is 5.93. The number of rotatable bonds is 4. The number of aliphatic hydroxyl groups excluding tert-OH is 1. The van der Waals surface area contributed by atoms with E-state index in [9.17, 15) is 9.90 Å². The van der Waals surface area contributed by atoms with Gasteiger partial charge in [0.05, 0.1) is 35.6 Å². The van der Waals surface area contributed by atoms with Crippen molar-refractivity contribution >= 4 is 22.1 Å². The Kier molecular flexibility index (Phi) is 4.52. The zero-order valence-corrected chi connectivity index (χ0v) is 16.1. The molecule has 1 N–H and O–H groups in total. The van der Waals surface area contributed by atoms with E-state index >= 15 is 0 Å². The molecule has 0 aliphatic carbocycles. The van der Waals surface area contributed by atoms with Crippen LogP contribution >= 0.6 is 0 Å². The molecule has 0 atom stereocenters. The van der Waals surface area contributed by atoms with Gasteiger partial charge in [0, 0.05) is 37.3 Å². The molecule has 5 rings (SSSR count). The summed E-state index contributed by atoms with van der Waals surface area (Å²) in [5.41, 5.74) is 2.69. The number of nitrogens with zero attached hydrogens (tertiary/aromatic N) is 5. The van der Waals surface area contributed by atoms with Gasteiger partial charge >= 0.3 is 0 Å². The van der Waals surface area contributed by atoms with Crippen LogP contribution in [0.2, 0.25) is 0 Å². The summed E-state index contributed by atoms with van der Waals surface area (Å²) >= 11 is 0. The van der Waals surface area contributed by atoms with E-state index in [1.807, 2.05) is 53.2 Å². The first-order valence-corrected chi connectivity index (χ1v) is 10.0. The summed E-state index contributed by atoms with van der Waals surface area (Å²) in [6.07, 6.45) is 7.57. The molecule has 0 bridgehead atoms. The zero-order valence-electron chi connectivity index (χ0n) is 16.1. The predicted molar refractivity (Wildman–Crippen MR) is 112 cm³/mol. The van der Waals surface area contributed by atoms with Gasteiger partial charge in [0.2, 0.25) is 0 Å². The lowest BCUT2D eigenvalue weighted by atomic mass is 10.1. The normalized spacial score (nSPS) is 15.4. The molecule has 7 heteroatoms. The summed E-state index contributed by atoms with van der Waals surface area (Å²) in [5, 5.41) is 15.7. The Hall–Kier alpha value is -3.19. The van der Waals surface area contributed by atoms with Crippen LogP contribution < -0.4 is 10.5 Å². The molecule has 1 aliphatic heterocycles. The van der Waals surface area contributed by atoms with Crippen LogP contribution in [-0.4, -0.2) is 43.5 Å². The number of hydrogen-bond acceptors (Lipinski definition) is 5. The highest BCUT2D eigenvalue weighted by atomic mass is 16.3. The Morgan fingerprint density at radius 3 is 2.79 bits per heavy atom. The van der Waals surface area contributed by atoms with Gasteiger partial charge in [0.15, 0.2) is 0 Å². The van der Waals surface area contributed by atoms with Crippen molar-refractivity contribution < 1.29 is 5.11 Å². The second-order valence-corrected chi connectivity index (χ2v) is 7.58. The molecule has 29 heavy (non-hydrogen) atoms. The number of aromatic nitrogens is 4. The van der Waals surface area contributed by atoms with Gasteiger partial charge in [-0.05, 0) is 31.0 Å². The highest BCUT2D eigenvalue weighted by Crippen LogP contribution is 2.26. The third kappa shape index (κ3) is 3.38. The quantitative estimate of drug-likeness (QED) is 0.579. The average Bonchev–Trinajstić information content (AvgIpc) is 3.16. The van der Waals surface area contributed by atoms with E-state index in [4.69, 9.17) is 0 Å². The number of aliphatic hydroxyl groups is 1. The van der Waals surface area contributed by atoms with Crippen molar-refractivity contribution in [3.05, 3.63) is 71.0 Å². The highest BCUT2D eigenvalue weighted by Gasteiger charge is 2.20. The lowest BCUT2D eigenvalue weighted by Gasteiger charge is -2.32. The first kappa shape index (κ1) is 17.9. The molecule has 1 aromatic carbocycles. The van der Waals surface area contributed by atoms with Crippen molar-refractivity contribution in [3.8, 4) is 0 Å². The molecule has 4 heterocycles. The van der Waals surface area contributed by atoms with E-state index in [2.05, 4.69) is 15.0 Å². The van der Waals surface area contributed by atoms with Gasteiger partial charge in [0.25, 0.3) is 5.56 Å².